The van der Waals surface area contributed by atoms with E-state index in [9.17, 15) is 8.42 Å². The first-order valence-corrected chi connectivity index (χ1v) is 13.5. The van der Waals surface area contributed by atoms with Crippen LogP contribution in [-0.2, 0) is 9.84 Å². The van der Waals surface area contributed by atoms with Crippen molar-refractivity contribution in [3.8, 4) is 5.75 Å². The van der Waals surface area contributed by atoms with Gasteiger partial charge in [-0.1, -0.05) is 37.6 Å². The fraction of sp³-hybridized carbons (Fsp3) is 0.385. The zero-order chi connectivity index (χ0) is 25.9. The fourth-order valence-corrected chi connectivity index (χ4v) is 4.95. The maximum atomic E-state index is 12.8. The molecule has 3 aromatic rings. The number of sulfone groups is 1. The molecule has 2 aromatic carbocycles. The Morgan fingerprint density at radius 1 is 0.971 bits per heavy atom. The van der Waals surface area contributed by atoms with Crippen molar-refractivity contribution in [2.75, 3.05) is 10.6 Å². The van der Waals surface area contributed by atoms with E-state index in [0.717, 1.165) is 11.3 Å². The van der Waals surface area contributed by atoms with E-state index in [-0.39, 0.29) is 21.8 Å². The fourth-order valence-electron chi connectivity index (χ4n) is 3.61. The molecule has 0 spiro atoms. The van der Waals surface area contributed by atoms with Gasteiger partial charge in [0.15, 0.2) is 15.7 Å². The number of aryl methyl sites for hydroxylation is 1. The minimum absolute atomic E-state index is 0.0129. The Hall–Kier alpha value is -2.84. The summed E-state index contributed by atoms with van der Waals surface area (Å²) in [5.41, 5.74) is 3.46. The highest BCUT2D eigenvalue weighted by atomic mass is 35.5. The van der Waals surface area contributed by atoms with E-state index in [1.54, 1.807) is 38.1 Å². The number of benzene rings is 2. The highest BCUT2D eigenvalue weighted by Gasteiger charge is 2.23. The summed E-state index contributed by atoms with van der Waals surface area (Å²) in [7, 11) is -3.51. The van der Waals surface area contributed by atoms with Crippen molar-refractivity contribution >= 4 is 44.6 Å². The van der Waals surface area contributed by atoms with Crippen molar-refractivity contribution in [2.24, 2.45) is 0 Å². The van der Waals surface area contributed by atoms with E-state index >= 15 is 0 Å². The molecule has 0 fully saturated rings. The zero-order valence-electron chi connectivity index (χ0n) is 21.2. The number of hydrogen-bond donors (Lipinski definition) is 2. The number of nitrogens with zero attached hydrogens (tertiary/aromatic N) is 2. The third-order valence-electron chi connectivity index (χ3n) is 5.41. The molecule has 2 N–H and O–H groups in total. The van der Waals surface area contributed by atoms with Gasteiger partial charge in [0.25, 0.3) is 0 Å². The second-order valence-electron chi connectivity index (χ2n) is 9.26. The van der Waals surface area contributed by atoms with Crippen molar-refractivity contribution in [1.29, 1.82) is 0 Å². The molecule has 0 saturated carbocycles. The van der Waals surface area contributed by atoms with Gasteiger partial charge in [-0.15, -0.1) is 0 Å². The lowest BCUT2D eigenvalue weighted by Crippen LogP contribution is -2.15. The van der Waals surface area contributed by atoms with E-state index in [1.165, 1.54) is 11.8 Å². The SMILES string of the molecule is Cc1cc(Nc2ncc(Cl)c(Nc3ccccc3S(=O)(=O)C(C)C)n2)c(OC(C)C)cc1C(C)C. The highest BCUT2D eigenvalue weighted by molar-refractivity contribution is 7.92. The molecule has 1 heterocycles. The maximum Gasteiger partial charge on any atom is 0.229 e. The molecule has 0 aliphatic rings. The molecule has 0 amide bonds. The lowest BCUT2D eigenvalue weighted by Gasteiger charge is -2.20. The standard InChI is InChI=1S/C26H33ClN4O3S/c1-15(2)19-13-23(34-16(3)4)22(12-18(19)7)30-26-28-14-20(27)25(31-26)29-21-10-8-9-11-24(21)35(32,33)17(5)6/h8-17H,1-7H3,(H2,28,29,30,31). The topological polar surface area (TPSA) is 93.2 Å². The maximum absolute atomic E-state index is 12.8. The Morgan fingerprint density at radius 2 is 1.66 bits per heavy atom. The molecule has 0 bridgehead atoms. The normalized spacial score (nSPS) is 11.9. The van der Waals surface area contributed by atoms with Gasteiger partial charge in [0, 0.05) is 0 Å². The third-order valence-corrected chi connectivity index (χ3v) is 7.90. The summed E-state index contributed by atoms with van der Waals surface area (Å²) in [4.78, 5) is 9.02. The van der Waals surface area contributed by atoms with Gasteiger partial charge in [-0.2, -0.15) is 4.98 Å². The summed E-state index contributed by atoms with van der Waals surface area (Å²) in [5.74, 6) is 1.64. The first kappa shape index (κ1) is 26.8. The summed E-state index contributed by atoms with van der Waals surface area (Å²) in [6.45, 7) is 13.6. The van der Waals surface area contributed by atoms with E-state index in [0.29, 0.717) is 23.3 Å². The van der Waals surface area contributed by atoms with Crippen molar-refractivity contribution in [3.63, 3.8) is 0 Å². The van der Waals surface area contributed by atoms with Crippen LogP contribution in [0.5, 0.6) is 5.75 Å². The average molecular weight is 517 g/mol. The molecule has 0 aliphatic heterocycles. The van der Waals surface area contributed by atoms with Gasteiger partial charge in [-0.3, -0.25) is 0 Å². The molecule has 0 radical (unpaired) electrons. The first-order valence-electron chi connectivity index (χ1n) is 11.6. The molecular formula is C26H33ClN4O3S. The van der Waals surface area contributed by atoms with Crippen molar-refractivity contribution in [1.82, 2.24) is 9.97 Å². The summed E-state index contributed by atoms with van der Waals surface area (Å²) >= 11 is 6.37. The van der Waals surface area contributed by atoms with Crippen molar-refractivity contribution in [3.05, 3.63) is 58.7 Å². The Bertz CT molecular complexity index is 1310. The molecule has 188 valence electrons. The van der Waals surface area contributed by atoms with E-state index in [4.69, 9.17) is 16.3 Å². The number of ether oxygens (including phenoxy) is 1. The molecule has 0 aliphatic carbocycles. The van der Waals surface area contributed by atoms with Gasteiger partial charge in [0.1, 0.15) is 10.8 Å². The van der Waals surface area contributed by atoms with Crippen LogP contribution in [0.1, 0.15) is 58.6 Å². The largest absolute Gasteiger partial charge is 0.489 e. The van der Waals surface area contributed by atoms with Crippen LogP contribution in [0.15, 0.2) is 47.5 Å². The van der Waals surface area contributed by atoms with Crippen LogP contribution in [0.3, 0.4) is 0 Å². The monoisotopic (exact) mass is 516 g/mol. The predicted octanol–water partition coefficient (Wildman–Crippen LogP) is 7.02. The molecule has 3 rings (SSSR count). The summed E-state index contributed by atoms with van der Waals surface area (Å²) in [6.07, 6.45) is 1.46. The minimum Gasteiger partial charge on any atom is -0.489 e. The van der Waals surface area contributed by atoms with Crippen LogP contribution < -0.4 is 15.4 Å². The van der Waals surface area contributed by atoms with Gasteiger partial charge in [0.2, 0.25) is 5.95 Å². The second-order valence-corrected chi connectivity index (χ2v) is 12.1. The van der Waals surface area contributed by atoms with Gasteiger partial charge < -0.3 is 15.4 Å². The number of hydrogen-bond acceptors (Lipinski definition) is 7. The Labute approximate surface area is 213 Å². The molecule has 9 heteroatoms. The summed E-state index contributed by atoms with van der Waals surface area (Å²) in [6, 6.07) is 10.8. The molecule has 0 saturated heterocycles. The highest BCUT2D eigenvalue weighted by Crippen LogP contribution is 2.35. The Kier molecular flexibility index (Phi) is 8.28. The van der Waals surface area contributed by atoms with Gasteiger partial charge >= 0.3 is 0 Å². The number of para-hydroxylation sites is 1. The van der Waals surface area contributed by atoms with Crippen LogP contribution in [0, 0.1) is 6.92 Å². The Balaban J connectivity index is 1.99. The number of aromatic nitrogens is 2. The Morgan fingerprint density at radius 3 is 2.29 bits per heavy atom. The van der Waals surface area contributed by atoms with Gasteiger partial charge in [-0.05, 0) is 75.9 Å². The van der Waals surface area contributed by atoms with E-state index < -0.39 is 15.1 Å². The minimum atomic E-state index is -3.51. The predicted molar refractivity (Wildman–Crippen MR) is 143 cm³/mol. The first-order chi connectivity index (χ1) is 16.4. The van der Waals surface area contributed by atoms with Gasteiger partial charge in [0.05, 0.1) is 33.8 Å². The lowest BCUT2D eigenvalue weighted by atomic mass is 9.97. The molecule has 35 heavy (non-hydrogen) atoms. The van der Waals surface area contributed by atoms with Crippen LogP contribution in [0.25, 0.3) is 0 Å². The second kappa shape index (κ2) is 10.8. The smallest absolute Gasteiger partial charge is 0.229 e. The lowest BCUT2D eigenvalue weighted by molar-refractivity contribution is 0.243. The summed E-state index contributed by atoms with van der Waals surface area (Å²) < 4.78 is 31.7. The number of anilines is 4. The number of nitrogens with one attached hydrogen (secondary N) is 2. The average Bonchev–Trinajstić information content (AvgIpc) is 2.77. The van der Waals surface area contributed by atoms with E-state index in [1.807, 2.05) is 26.0 Å². The number of halogens is 1. The van der Waals surface area contributed by atoms with E-state index in [2.05, 4.69) is 41.4 Å². The molecule has 0 unspecified atom stereocenters. The van der Waals surface area contributed by atoms with Crippen molar-refractivity contribution in [2.45, 2.75) is 70.6 Å². The number of rotatable bonds is 9. The van der Waals surface area contributed by atoms with Crippen LogP contribution in [0.4, 0.5) is 23.1 Å². The van der Waals surface area contributed by atoms with Crippen LogP contribution in [-0.4, -0.2) is 29.7 Å². The molecule has 7 nitrogen and oxygen atoms in total. The van der Waals surface area contributed by atoms with Gasteiger partial charge in [-0.25, -0.2) is 13.4 Å². The summed E-state index contributed by atoms with van der Waals surface area (Å²) in [5, 5.41) is 6.01. The van der Waals surface area contributed by atoms with Crippen LogP contribution >= 0.6 is 11.6 Å². The zero-order valence-corrected chi connectivity index (χ0v) is 22.8. The molecule has 0 atom stereocenters. The van der Waals surface area contributed by atoms with Crippen LogP contribution in [0.2, 0.25) is 5.02 Å². The molecular weight excluding hydrogens is 484 g/mol. The quantitative estimate of drug-likeness (QED) is 0.315. The molecule has 1 aromatic heterocycles. The third kappa shape index (κ3) is 6.24. The van der Waals surface area contributed by atoms with Crippen molar-refractivity contribution < 1.29 is 13.2 Å².